The minimum absolute atomic E-state index is 0.868. The van der Waals surface area contributed by atoms with Crippen LogP contribution in [-0.2, 0) is 6.54 Å². The molecule has 0 saturated carbocycles. The van der Waals surface area contributed by atoms with Gasteiger partial charge in [0.2, 0.25) is 0 Å². The Morgan fingerprint density at radius 3 is 2.84 bits per heavy atom. The Labute approximate surface area is 112 Å². The van der Waals surface area contributed by atoms with E-state index in [1.165, 1.54) is 16.5 Å². The minimum atomic E-state index is 0.868. The third kappa shape index (κ3) is 2.13. The van der Waals surface area contributed by atoms with Gasteiger partial charge in [-0.3, -0.25) is 0 Å². The molecule has 1 N–H and O–H groups in total. The summed E-state index contributed by atoms with van der Waals surface area (Å²) >= 11 is 0. The third-order valence-electron chi connectivity index (χ3n) is 3.36. The molecule has 0 amide bonds. The van der Waals surface area contributed by atoms with Gasteiger partial charge < -0.3 is 5.32 Å². The summed E-state index contributed by atoms with van der Waals surface area (Å²) in [4.78, 5) is 0. The van der Waals surface area contributed by atoms with Crippen LogP contribution in [-0.4, -0.2) is 16.8 Å². The number of benzene rings is 2. The zero-order chi connectivity index (χ0) is 13.2. The van der Waals surface area contributed by atoms with Crippen LogP contribution in [0, 0.1) is 6.92 Å². The fourth-order valence-electron chi connectivity index (χ4n) is 2.36. The molecule has 0 radical (unpaired) electrons. The van der Waals surface area contributed by atoms with Gasteiger partial charge in [-0.2, -0.15) is 5.10 Å². The second kappa shape index (κ2) is 4.86. The van der Waals surface area contributed by atoms with Crippen molar-refractivity contribution in [3.63, 3.8) is 0 Å². The molecule has 0 saturated heterocycles. The Bertz CT molecular complexity index is 713. The highest BCUT2D eigenvalue weighted by Gasteiger charge is 2.07. The molecular weight excluding hydrogens is 234 g/mol. The summed E-state index contributed by atoms with van der Waals surface area (Å²) in [6.07, 6.45) is 1.92. The fraction of sp³-hybridized carbons (Fsp3) is 0.188. The van der Waals surface area contributed by atoms with Crippen molar-refractivity contribution in [1.82, 2.24) is 15.1 Å². The molecule has 0 aliphatic rings. The number of aryl methyl sites for hydroxylation is 1. The van der Waals surface area contributed by atoms with Gasteiger partial charge in [0, 0.05) is 11.9 Å². The van der Waals surface area contributed by atoms with Gasteiger partial charge in [-0.1, -0.05) is 30.3 Å². The topological polar surface area (TPSA) is 29.9 Å². The normalized spacial score (nSPS) is 11.1. The van der Waals surface area contributed by atoms with Crippen molar-refractivity contribution >= 4 is 10.9 Å². The van der Waals surface area contributed by atoms with Gasteiger partial charge in [0.15, 0.2) is 0 Å². The van der Waals surface area contributed by atoms with Crippen LogP contribution in [0.4, 0.5) is 0 Å². The predicted molar refractivity (Wildman–Crippen MR) is 78.6 cm³/mol. The molecule has 0 unspecified atom stereocenters. The third-order valence-corrected chi connectivity index (χ3v) is 3.36. The number of hydrogen-bond acceptors (Lipinski definition) is 2. The highest BCUT2D eigenvalue weighted by molar-refractivity contribution is 5.80. The first-order valence-electron chi connectivity index (χ1n) is 6.47. The molecule has 3 rings (SSSR count). The van der Waals surface area contributed by atoms with Crippen molar-refractivity contribution in [3.8, 4) is 5.69 Å². The smallest absolute Gasteiger partial charge is 0.0741 e. The van der Waals surface area contributed by atoms with E-state index in [0.717, 1.165) is 17.7 Å². The van der Waals surface area contributed by atoms with E-state index < -0.39 is 0 Å². The zero-order valence-electron chi connectivity index (χ0n) is 11.2. The molecule has 0 atom stereocenters. The summed E-state index contributed by atoms with van der Waals surface area (Å²) in [5.41, 5.74) is 4.79. The zero-order valence-corrected chi connectivity index (χ0v) is 11.2. The first kappa shape index (κ1) is 11.9. The summed E-state index contributed by atoms with van der Waals surface area (Å²) in [5.74, 6) is 0. The lowest BCUT2D eigenvalue weighted by Crippen LogP contribution is -2.07. The number of nitrogens with one attached hydrogen (secondary N) is 1. The standard InChI is InChI=1S/C16H17N3/c1-12-7-8-13(10-17-2)9-16(12)19-15-6-4-3-5-14(15)11-18-19/h3-9,11,17H,10H2,1-2H3. The van der Waals surface area contributed by atoms with Crippen LogP contribution in [0.15, 0.2) is 48.7 Å². The maximum atomic E-state index is 4.52. The number of hydrogen-bond donors (Lipinski definition) is 1. The Hall–Kier alpha value is -2.13. The van der Waals surface area contributed by atoms with E-state index >= 15 is 0 Å². The van der Waals surface area contributed by atoms with Crippen LogP contribution in [0.1, 0.15) is 11.1 Å². The summed E-state index contributed by atoms with van der Waals surface area (Å²) in [6, 6.07) is 14.8. The maximum Gasteiger partial charge on any atom is 0.0741 e. The first-order valence-corrected chi connectivity index (χ1v) is 6.47. The molecule has 1 heterocycles. The van der Waals surface area contributed by atoms with E-state index in [-0.39, 0.29) is 0 Å². The number of fused-ring (bicyclic) bond motifs is 1. The molecule has 19 heavy (non-hydrogen) atoms. The summed E-state index contributed by atoms with van der Waals surface area (Å²) in [5, 5.41) is 8.87. The molecule has 3 nitrogen and oxygen atoms in total. The number of aromatic nitrogens is 2. The van der Waals surface area contributed by atoms with Gasteiger partial charge in [-0.05, 0) is 37.2 Å². The van der Waals surface area contributed by atoms with Crippen LogP contribution >= 0.6 is 0 Å². The van der Waals surface area contributed by atoms with Crippen molar-refractivity contribution in [3.05, 3.63) is 59.8 Å². The first-order chi connectivity index (χ1) is 9.29. The van der Waals surface area contributed by atoms with Crippen molar-refractivity contribution in [2.75, 3.05) is 7.05 Å². The molecule has 0 spiro atoms. The Kier molecular flexibility index (Phi) is 3.05. The molecule has 3 heteroatoms. The Balaban J connectivity index is 2.17. The van der Waals surface area contributed by atoms with E-state index in [9.17, 15) is 0 Å². The molecule has 0 aliphatic carbocycles. The molecule has 0 bridgehead atoms. The predicted octanol–water partition coefficient (Wildman–Crippen LogP) is 3.05. The second-order valence-corrected chi connectivity index (χ2v) is 4.77. The van der Waals surface area contributed by atoms with Crippen LogP contribution in [0.2, 0.25) is 0 Å². The van der Waals surface area contributed by atoms with Gasteiger partial charge in [-0.25, -0.2) is 4.68 Å². The second-order valence-electron chi connectivity index (χ2n) is 4.77. The number of para-hydroxylation sites is 1. The summed E-state index contributed by atoms with van der Waals surface area (Å²) in [7, 11) is 1.96. The number of nitrogens with zero attached hydrogens (tertiary/aromatic N) is 2. The molecule has 3 aromatic rings. The molecule has 0 fully saturated rings. The summed E-state index contributed by atoms with van der Waals surface area (Å²) < 4.78 is 2.02. The minimum Gasteiger partial charge on any atom is -0.316 e. The molecule has 1 aromatic heterocycles. The van der Waals surface area contributed by atoms with E-state index in [1.807, 2.05) is 30.1 Å². The van der Waals surface area contributed by atoms with Crippen LogP contribution in [0.25, 0.3) is 16.6 Å². The summed E-state index contributed by atoms with van der Waals surface area (Å²) in [6.45, 7) is 2.99. The number of rotatable bonds is 3. The largest absolute Gasteiger partial charge is 0.316 e. The Morgan fingerprint density at radius 2 is 2.00 bits per heavy atom. The van der Waals surface area contributed by atoms with Crippen LogP contribution in [0.5, 0.6) is 0 Å². The highest BCUT2D eigenvalue weighted by atomic mass is 15.3. The quantitative estimate of drug-likeness (QED) is 0.775. The molecule has 0 aliphatic heterocycles. The van der Waals surface area contributed by atoms with Gasteiger partial charge in [0.1, 0.15) is 0 Å². The SMILES string of the molecule is CNCc1ccc(C)c(-n2ncc3ccccc32)c1. The maximum absolute atomic E-state index is 4.52. The molecule has 96 valence electrons. The lowest BCUT2D eigenvalue weighted by atomic mass is 10.1. The van der Waals surface area contributed by atoms with Gasteiger partial charge in [0.25, 0.3) is 0 Å². The van der Waals surface area contributed by atoms with E-state index in [0.29, 0.717) is 0 Å². The van der Waals surface area contributed by atoms with Gasteiger partial charge >= 0.3 is 0 Å². The van der Waals surface area contributed by atoms with E-state index in [4.69, 9.17) is 0 Å². The van der Waals surface area contributed by atoms with Gasteiger partial charge in [-0.15, -0.1) is 0 Å². The van der Waals surface area contributed by atoms with Crippen molar-refractivity contribution < 1.29 is 0 Å². The van der Waals surface area contributed by atoms with Crippen molar-refractivity contribution in [1.29, 1.82) is 0 Å². The fourth-order valence-corrected chi connectivity index (χ4v) is 2.36. The highest BCUT2D eigenvalue weighted by Crippen LogP contribution is 2.21. The lowest BCUT2D eigenvalue weighted by molar-refractivity contribution is 0.812. The molecular formula is C16H17N3. The average molecular weight is 251 g/mol. The molecule has 2 aromatic carbocycles. The monoisotopic (exact) mass is 251 g/mol. The lowest BCUT2D eigenvalue weighted by Gasteiger charge is -2.10. The van der Waals surface area contributed by atoms with Crippen LogP contribution in [0.3, 0.4) is 0 Å². The van der Waals surface area contributed by atoms with Crippen molar-refractivity contribution in [2.45, 2.75) is 13.5 Å². The average Bonchev–Trinajstić information content (AvgIpc) is 2.85. The van der Waals surface area contributed by atoms with E-state index in [2.05, 4.69) is 47.7 Å². The van der Waals surface area contributed by atoms with E-state index in [1.54, 1.807) is 0 Å². The Morgan fingerprint density at radius 1 is 1.16 bits per heavy atom. The van der Waals surface area contributed by atoms with Crippen molar-refractivity contribution in [2.24, 2.45) is 0 Å². The van der Waals surface area contributed by atoms with Crippen LogP contribution < -0.4 is 5.32 Å². The van der Waals surface area contributed by atoms with Gasteiger partial charge in [0.05, 0.1) is 17.4 Å².